The number of nitrogens with zero attached hydrogens (tertiary/aromatic N) is 1. The molecule has 1 aliphatic heterocycles. The highest BCUT2D eigenvalue weighted by atomic mass is 16.3. The van der Waals surface area contributed by atoms with Crippen LogP contribution in [0.5, 0.6) is 0 Å². The number of nitrogens with one attached hydrogen (secondary N) is 1. The molecule has 0 saturated heterocycles. The van der Waals surface area contributed by atoms with E-state index in [9.17, 15) is 14.7 Å². The molecule has 5 heteroatoms. The van der Waals surface area contributed by atoms with Gasteiger partial charge in [-0.05, 0) is 40.2 Å². The van der Waals surface area contributed by atoms with Crippen molar-refractivity contribution in [2.24, 2.45) is 0 Å². The van der Waals surface area contributed by atoms with Gasteiger partial charge in [0.05, 0.1) is 5.57 Å². The van der Waals surface area contributed by atoms with E-state index in [0.29, 0.717) is 34.5 Å². The molecule has 1 aliphatic rings. The summed E-state index contributed by atoms with van der Waals surface area (Å²) in [6.07, 6.45) is 2.18. The minimum atomic E-state index is -1.63. The minimum absolute atomic E-state index is 0.262. The summed E-state index contributed by atoms with van der Waals surface area (Å²) in [5.74, 6) is -0.572. The number of allylic oxidation sites excluding steroid dienone is 2. The van der Waals surface area contributed by atoms with E-state index in [0.717, 1.165) is 6.42 Å². The van der Waals surface area contributed by atoms with E-state index in [1.165, 1.54) is 6.08 Å². The molecule has 1 unspecified atom stereocenters. The van der Waals surface area contributed by atoms with Crippen molar-refractivity contribution in [1.82, 2.24) is 10.2 Å². The zero-order valence-electron chi connectivity index (χ0n) is 19.5. The van der Waals surface area contributed by atoms with Gasteiger partial charge in [0, 0.05) is 34.5 Å². The summed E-state index contributed by atoms with van der Waals surface area (Å²) < 4.78 is 0. The van der Waals surface area contributed by atoms with Crippen molar-refractivity contribution in [1.29, 1.82) is 0 Å². The van der Waals surface area contributed by atoms with Gasteiger partial charge in [-0.1, -0.05) is 67.6 Å². The van der Waals surface area contributed by atoms with Crippen LogP contribution in [0, 0.1) is 0 Å². The maximum absolute atomic E-state index is 13.4. The number of amides is 1. The third-order valence-electron chi connectivity index (χ3n) is 5.48. The Labute approximate surface area is 190 Å². The van der Waals surface area contributed by atoms with Crippen LogP contribution in [0.4, 0.5) is 0 Å². The third-order valence-corrected chi connectivity index (χ3v) is 5.48. The number of aliphatic hydroxyl groups is 1. The highest BCUT2D eigenvalue weighted by molar-refractivity contribution is 6.08. The molecule has 32 heavy (non-hydrogen) atoms. The summed E-state index contributed by atoms with van der Waals surface area (Å²) in [5, 5.41) is 15.2. The number of hydrogen-bond acceptors (Lipinski definition) is 4. The quantitative estimate of drug-likeness (QED) is 0.519. The number of ketones is 1. The van der Waals surface area contributed by atoms with Crippen LogP contribution in [0.3, 0.4) is 0 Å². The second kappa shape index (κ2) is 9.13. The molecule has 3 rings (SSSR count). The van der Waals surface area contributed by atoms with Crippen molar-refractivity contribution in [2.45, 2.75) is 52.3 Å². The maximum Gasteiger partial charge on any atom is 0.253 e. The molecule has 0 saturated carbocycles. The zero-order valence-corrected chi connectivity index (χ0v) is 19.5. The Kier molecular flexibility index (Phi) is 6.70. The molecule has 2 aromatic rings. The maximum atomic E-state index is 13.4. The van der Waals surface area contributed by atoms with Gasteiger partial charge in [-0.15, -0.1) is 0 Å². The summed E-state index contributed by atoms with van der Waals surface area (Å²) >= 11 is 0. The van der Waals surface area contributed by atoms with Crippen molar-refractivity contribution < 1.29 is 14.7 Å². The van der Waals surface area contributed by atoms with Gasteiger partial charge in [0.15, 0.2) is 11.5 Å². The molecule has 1 amide bonds. The first-order valence-corrected chi connectivity index (χ1v) is 11.0. The molecular weight excluding hydrogens is 400 g/mol. The van der Waals surface area contributed by atoms with Gasteiger partial charge in [-0.3, -0.25) is 9.59 Å². The van der Waals surface area contributed by atoms with E-state index in [1.54, 1.807) is 24.3 Å². The Morgan fingerprint density at radius 2 is 1.59 bits per heavy atom. The predicted molar refractivity (Wildman–Crippen MR) is 127 cm³/mol. The monoisotopic (exact) mass is 432 g/mol. The number of rotatable bonds is 6. The Morgan fingerprint density at radius 3 is 2.12 bits per heavy atom. The van der Waals surface area contributed by atoms with Crippen LogP contribution < -0.4 is 5.32 Å². The molecule has 0 aromatic heterocycles. The smallest absolute Gasteiger partial charge is 0.253 e. The van der Waals surface area contributed by atoms with Crippen molar-refractivity contribution in [3.8, 4) is 0 Å². The summed E-state index contributed by atoms with van der Waals surface area (Å²) in [6.45, 7) is 10.1. The summed E-state index contributed by atoms with van der Waals surface area (Å²) in [4.78, 5) is 28.4. The van der Waals surface area contributed by atoms with Gasteiger partial charge in [-0.2, -0.15) is 0 Å². The molecule has 0 aliphatic carbocycles. The zero-order chi connectivity index (χ0) is 23.5. The number of hydrogen-bond donors (Lipinski definition) is 2. The lowest BCUT2D eigenvalue weighted by molar-refractivity contribution is -0.118. The van der Waals surface area contributed by atoms with E-state index >= 15 is 0 Å². The molecule has 168 valence electrons. The fourth-order valence-electron chi connectivity index (χ4n) is 4.11. The van der Waals surface area contributed by atoms with Crippen LogP contribution in [-0.2, 0) is 10.5 Å². The van der Waals surface area contributed by atoms with Crippen molar-refractivity contribution in [3.05, 3.63) is 94.7 Å². The fraction of sp³-hybridized carbons (Fsp3) is 0.333. The van der Waals surface area contributed by atoms with Crippen molar-refractivity contribution >= 4 is 11.7 Å². The first-order chi connectivity index (χ1) is 15.1. The number of carbonyl (C=O) groups excluding carboxylic acids is 2. The summed E-state index contributed by atoms with van der Waals surface area (Å²) in [7, 11) is 0. The predicted octanol–water partition coefficient (Wildman–Crippen LogP) is 4.56. The largest absolute Gasteiger partial charge is 0.363 e. The van der Waals surface area contributed by atoms with E-state index < -0.39 is 11.3 Å². The van der Waals surface area contributed by atoms with Crippen LogP contribution in [0.25, 0.3) is 0 Å². The Bertz CT molecular complexity index is 1050. The lowest BCUT2D eigenvalue weighted by atomic mass is 9.89. The fourth-order valence-corrected chi connectivity index (χ4v) is 4.11. The van der Waals surface area contributed by atoms with Gasteiger partial charge >= 0.3 is 0 Å². The standard InChI is InChI=1S/C27H32N2O3/c1-6-17-29-19(2)24(25(31)28-26(3,4)5)22(18-23(30)20-13-9-7-10-14-20)27(29,32)21-15-11-8-12-16-21/h7-16,18,32H,6,17H2,1-5H3,(H,28,31)/b22-18-. The average Bonchev–Trinajstić information content (AvgIpc) is 2.96. The topological polar surface area (TPSA) is 69.6 Å². The first-order valence-electron chi connectivity index (χ1n) is 11.0. The second-order valence-electron chi connectivity index (χ2n) is 9.14. The van der Waals surface area contributed by atoms with Crippen molar-refractivity contribution in [3.63, 3.8) is 0 Å². The molecule has 0 spiro atoms. The summed E-state index contributed by atoms with van der Waals surface area (Å²) in [6, 6.07) is 18.1. The lowest BCUT2D eigenvalue weighted by Crippen LogP contribution is -2.44. The minimum Gasteiger partial charge on any atom is -0.363 e. The van der Waals surface area contributed by atoms with Gasteiger partial charge < -0.3 is 15.3 Å². The third kappa shape index (κ3) is 4.53. The molecule has 0 radical (unpaired) electrons. The summed E-state index contributed by atoms with van der Waals surface area (Å²) in [5.41, 5.74) is 0.288. The normalized spacial score (nSPS) is 20.1. The molecule has 2 N–H and O–H groups in total. The molecule has 0 fully saturated rings. The van der Waals surface area contributed by atoms with Crippen LogP contribution >= 0.6 is 0 Å². The Balaban J connectivity index is 2.24. The molecule has 0 bridgehead atoms. The second-order valence-corrected chi connectivity index (χ2v) is 9.14. The van der Waals surface area contributed by atoms with Gasteiger partial charge in [0.1, 0.15) is 0 Å². The number of benzene rings is 2. The van der Waals surface area contributed by atoms with E-state index in [-0.39, 0.29) is 11.7 Å². The highest BCUT2D eigenvalue weighted by Crippen LogP contribution is 2.47. The first kappa shape index (κ1) is 23.5. The van der Waals surface area contributed by atoms with E-state index in [1.807, 2.05) is 75.9 Å². The molecule has 1 heterocycles. The molecule has 2 aromatic carbocycles. The van der Waals surface area contributed by atoms with Crippen LogP contribution in [0.15, 0.2) is 83.6 Å². The SMILES string of the molecule is CCCN1C(C)=C(C(=O)NC(C)(C)C)/C(=C/C(=O)c2ccccc2)C1(O)c1ccccc1. The Morgan fingerprint density at radius 1 is 1.03 bits per heavy atom. The van der Waals surface area contributed by atoms with Crippen LogP contribution in [0.1, 0.15) is 57.0 Å². The van der Waals surface area contributed by atoms with Gasteiger partial charge in [0.2, 0.25) is 0 Å². The molecular formula is C27H32N2O3. The van der Waals surface area contributed by atoms with Gasteiger partial charge in [-0.25, -0.2) is 0 Å². The Hall–Kier alpha value is -3.18. The van der Waals surface area contributed by atoms with E-state index in [4.69, 9.17) is 0 Å². The average molecular weight is 433 g/mol. The van der Waals surface area contributed by atoms with E-state index in [2.05, 4.69) is 5.32 Å². The highest BCUT2D eigenvalue weighted by Gasteiger charge is 2.50. The number of carbonyl (C=O) groups is 2. The van der Waals surface area contributed by atoms with Gasteiger partial charge in [0.25, 0.3) is 5.91 Å². The van der Waals surface area contributed by atoms with Crippen LogP contribution in [0.2, 0.25) is 0 Å². The molecule has 1 atom stereocenters. The molecule has 5 nitrogen and oxygen atoms in total. The van der Waals surface area contributed by atoms with Crippen LogP contribution in [-0.4, -0.2) is 33.8 Å². The van der Waals surface area contributed by atoms with Crippen molar-refractivity contribution in [2.75, 3.05) is 6.54 Å². The lowest BCUT2D eigenvalue weighted by Gasteiger charge is -2.38.